The third-order valence-corrected chi connectivity index (χ3v) is 6.74. The zero-order chi connectivity index (χ0) is 15.9. The van der Waals surface area contributed by atoms with Crippen molar-refractivity contribution in [1.29, 1.82) is 0 Å². The molecule has 1 heteroatoms. The van der Waals surface area contributed by atoms with Gasteiger partial charge in [-0.1, -0.05) is 76.1 Å². The fraction of sp³-hybridized carbons (Fsp3) is 0.600. The van der Waals surface area contributed by atoms with Gasteiger partial charge in [-0.2, -0.15) is 0 Å². The van der Waals surface area contributed by atoms with E-state index < -0.39 is 0 Å². The van der Waals surface area contributed by atoms with Crippen LogP contribution in [0.4, 0.5) is 0 Å². The topological polar surface area (TPSA) is 0 Å². The lowest BCUT2D eigenvalue weighted by Gasteiger charge is -2.51. The van der Waals surface area contributed by atoms with Crippen LogP contribution in [0.1, 0.15) is 61.3 Å². The normalized spacial score (nSPS) is 26.5. The maximum atomic E-state index is 2.43. The lowest BCUT2D eigenvalue weighted by Crippen LogP contribution is -2.46. The fourth-order valence-corrected chi connectivity index (χ4v) is 5.46. The molecule has 116 valence electrons. The van der Waals surface area contributed by atoms with Gasteiger partial charge < -0.3 is 0 Å². The number of thioether (sulfide) groups is 1. The molecule has 21 heavy (non-hydrogen) atoms. The van der Waals surface area contributed by atoms with E-state index in [0.717, 1.165) is 12.8 Å². The average molecular weight is 303 g/mol. The molecule has 1 unspecified atom stereocenters. The maximum absolute atomic E-state index is 2.43. The summed E-state index contributed by atoms with van der Waals surface area (Å²) in [5, 5.41) is 0. The Morgan fingerprint density at radius 2 is 1.71 bits per heavy atom. The summed E-state index contributed by atoms with van der Waals surface area (Å²) in [6, 6.07) is 0. The maximum Gasteiger partial charge on any atom is 0.0499 e. The van der Waals surface area contributed by atoms with Crippen LogP contribution in [0, 0.1) is 5.41 Å². The third-order valence-electron chi connectivity index (χ3n) is 4.78. The van der Waals surface area contributed by atoms with Gasteiger partial charge in [0.1, 0.15) is 0 Å². The second kappa shape index (κ2) is 5.50. The number of allylic oxidation sites excluding steroid dienone is 7. The molecule has 0 fully saturated rings. The lowest BCUT2D eigenvalue weighted by molar-refractivity contribution is 0.346. The summed E-state index contributed by atoms with van der Waals surface area (Å²) in [5.41, 5.74) is 4.56. The number of rotatable bonds is 3. The third kappa shape index (κ3) is 3.08. The van der Waals surface area contributed by atoms with Crippen LogP contribution < -0.4 is 0 Å². The van der Waals surface area contributed by atoms with Gasteiger partial charge in [0.25, 0.3) is 0 Å². The first-order chi connectivity index (χ1) is 9.58. The summed E-state index contributed by atoms with van der Waals surface area (Å²) in [7, 11) is 0. The van der Waals surface area contributed by atoms with Crippen molar-refractivity contribution in [3.63, 3.8) is 0 Å². The molecule has 0 bridgehead atoms. The van der Waals surface area contributed by atoms with Gasteiger partial charge in [0.15, 0.2) is 0 Å². The van der Waals surface area contributed by atoms with Crippen LogP contribution in [0.5, 0.6) is 0 Å². The molecule has 0 aromatic heterocycles. The minimum Gasteiger partial charge on any atom is -0.143 e. The molecule has 0 N–H and O–H groups in total. The van der Waals surface area contributed by atoms with Crippen molar-refractivity contribution in [3.8, 4) is 0 Å². The second-order valence-electron chi connectivity index (χ2n) is 7.94. The van der Waals surface area contributed by atoms with Crippen LogP contribution >= 0.6 is 11.8 Å². The van der Waals surface area contributed by atoms with Crippen molar-refractivity contribution in [3.05, 3.63) is 47.1 Å². The van der Waals surface area contributed by atoms with Crippen LogP contribution in [0.25, 0.3) is 0 Å². The van der Waals surface area contributed by atoms with Crippen LogP contribution in [0.15, 0.2) is 47.1 Å². The van der Waals surface area contributed by atoms with E-state index in [-0.39, 0.29) is 14.9 Å². The van der Waals surface area contributed by atoms with Crippen molar-refractivity contribution in [2.75, 3.05) is 0 Å². The summed E-state index contributed by atoms with van der Waals surface area (Å²) < 4.78 is 0.388. The summed E-state index contributed by atoms with van der Waals surface area (Å²) in [6.45, 7) is 16.4. The molecule has 0 aromatic carbocycles. The van der Waals surface area contributed by atoms with Gasteiger partial charge in [-0.25, -0.2) is 0 Å². The Hall–Kier alpha value is -0.690. The molecule has 0 saturated heterocycles. The van der Waals surface area contributed by atoms with Crippen LogP contribution in [-0.2, 0) is 0 Å². The van der Waals surface area contributed by atoms with Gasteiger partial charge in [-0.05, 0) is 32.3 Å². The molecule has 0 saturated carbocycles. The second-order valence-corrected chi connectivity index (χ2v) is 10.1. The van der Waals surface area contributed by atoms with Crippen molar-refractivity contribution >= 4 is 11.8 Å². The van der Waals surface area contributed by atoms with Crippen molar-refractivity contribution in [2.45, 2.75) is 70.8 Å². The van der Waals surface area contributed by atoms with Gasteiger partial charge >= 0.3 is 0 Å². The zero-order valence-electron chi connectivity index (χ0n) is 14.7. The van der Waals surface area contributed by atoms with E-state index in [1.807, 2.05) is 0 Å². The van der Waals surface area contributed by atoms with Gasteiger partial charge in [-0.3, -0.25) is 0 Å². The van der Waals surface area contributed by atoms with Crippen LogP contribution in [0.2, 0.25) is 0 Å². The molecule has 0 nitrogen and oxygen atoms in total. The van der Waals surface area contributed by atoms with E-state index >= 15 is 0 Å². The fourth-order valence-electron chi connectivity index (χ4n) is 3.66. The quantitative estimate of drug-likeness (QED) is 0.576. The Kier molecular flexibility index (Phi) is 4.37. The van der Waals surface area contributed by atoms with E-state index in [1.54, 1.807) is 0 Å². The molecule has 0 radical (unpaired) electrons. The first-order valence-corrected chi connectivity index (χ1v) is 8.83. The highest BCUT2D eigenvalue weighted by molar-refractivity contribution is 8.02. The lowest BCUT2D eigenvalue weighted by atomic mass is 9.66. The minimum absolute atomic E-state index is 0.135. The standard InChI is InChI=1S/C20H30S/c1-15-12-13-20(16(2)14-15,21-18(3,4)5)19(6,7)17-10-8-9-11-17/h8,10-12,14H,9,13H2,1-7H3. The molecule has 1 atom stereocenters. The first kappa shape index (κ1) is 16.7. The monoisotopic (exact) mass is 302 g/mol. The predicted molar refractivity (Wildman–Crippen MR) is 97.8 cm³/mol. The van der Waals surface area contributed by atoms with Gasteiger partial charge in [0.05, 0.1) is 0 Å². The highest BCUT2D eigenvalue weighted by atomic mass is 32.2. The molecule has 0 aromatic rings. The van der Waals surface area contributed by atoms with E-state index in [4.69, 9.17) is 0 Å². The summed E-state index contributed by atoms with van der Waals surface area (Å²) in [6.07, 6.45) is 14.1. The van der Waals surface area contributed by atoms with E-state index in [1.165, 1.54) is 16.7 Å². The van der Waals surface area contributed by atoms with Gasteiger partial charge in [0.2, 0.25) is 0 Å². The largest absolute Gasteiger partial charge is 0.143 e. The van der Waals surface area contributed by atoms with Crippen molar-refractivity contribution < 1.29 is 0 Å². The molecule has 0 amide bonds. The molecule has 0 spiro atoms. The summed E-state index contributed by atoms with van der Waals surface area (Å²) in [5.74, 6) is 0. The minimum atomic E-state index is 0.135. The molecular weight excluding hydrogens is 272 g/mol. The van der Waals surface area contributed by atoms with Crippen LogP contribution in [-0.4, -0.2) is 9.49 Å². The Morgan fingerprint density at radius 1 is 1.05 bits per heavy atom. The SMILES string of the molecule is CC1=CCC(SC(C)(C)C)(C(C)(C)C2=CCC=C2)C(C)=C1. The van der Waals surface area contributed by atoms with E-state index in [2.05, 4.69) is 90.6 Å². The van der Waals surface area contributed by atoms with Gasteiger partial charge in [0, 0.05) is 14.9 Å². The highest BCUT2D eigenvalue weighted by Gasteiger charge is 2.50. The summed E-state index contributed by atoms with van der Waals surface area (Å²) >= 11 is 2.14. The number of hydrogen-bond donors (Lipinski definition) is 0. The van der Waals surface area contributed by atoms with E-state index in [0.29, 0.717) is 0 Å². The zero-order valence-corrected chi connectivity index (χ0v) is 15.5. The van der Waals surface area contributed by atoms with Gasteiger partial charge in [-0.15, -0.1) is 11.8 Å². The predicted octanol–water partition coefficient (Wildman–Crippen LogP) is 6.47. The molecule has 2 rings (SSSR count). The molecular formula is C20H30S. The van der Waals surface area contributed by atoms with E-state index in [9.17, 15) is 0 Å². The Morgan fingerprint density at radius 3 is 2.19 bits per heavy atom. The van der Waals surface area contributed by atoms with Crippen molar-refractivity contribution in [1.82, 2.24) is 0 Å². The average Bonchev–Trinajstić information content (AvgIpc) is 2.85. The van der Waals surface area contributed by atoms with Crippen LogP contribution in [0.3, 0.4) is 0 Å². The summed E-state index contributed by atoms with van der Waals surface area (Å²) in [4.78, 5) is 0. The number of hydrogen-bond acceptors (Lipinski definition) is 1. The van der Waals surface area contributed by atoms with Crippen molar-refractivity contribution in [2.24, 2.45) is 5.41 Å². The molecule has 0 aliphatic heterocycles. The Labute approximate surface area is 135 Å². The molecule has 2 aliphatic carbocycles. The molecule has 2 aliphatic rings. The first-order valence-electron chi connectivity index (χ1n) is 8.01. The smallest absolute Gasteiger partial charge is 0.0499 e. The Bertz CT molecular complexity index is 535. The highest BCUT2D eigenvalue weighted by Crippen LogP contribution is 2.59. The molecule has 0 heterocycles. The Balaban J connectivity index is 2.52.